The fourth-order valence-corrected chi connectivity index (χ4v) is 53.0. The molecule has 6 aliphatic rings. The third-order valence-corrected chi connectivity index (χ3v) is 66.9. The fraction of sp³-hybridized carbons (Fsp3) is 1.00. The van der Waals surface area contributed by atoms with Gasteiger partial charge in [0.2, 0.25) is 0 Å². The summed E-state index contributed by atoms with van der Waals surface area (Å²) in [4.78, 5) is 39.5. The van der Waals surface area contributed by atoms with Crippen molar-refractivity contribution in [2.75, 3.05) is 311 Å². The van der Waals surface area contributed by atoms with E-state index >= 15 is 0 Å². The average Bonchev–Trinajstić information content (AvgIpc) is 1.69. The molecule has 6 aliphatic heterocycles. The number of nitrogens with zero attached hydrogens (tertiary/aromatic N) is 18. The summed E-state index contributed by atoms with van der Waals surface area (Å²) in [5.74, 6) is 0. The van der Waals surface area contributed by atoms with Crippen molar-refractivity contribution in [1.29, 1.82) is 0 Å². The van der Waals surface area contributed by atoms with Crippen LogP contribution < -0.4 is 0 Å². The van der Waals surface area contributed by atoms with E-state index in [4.69, 9.17) is 0 Å². The first kappa shape index (κ1) is 94.1. The number of hydrogen-bond acceptors (Lipinski definition) is 18. The molecule has 93 heavy (non-hydrogen) atoms. The van der Waals surface area contributed by atoms with Crippen LogP contribution in [0, 0.1) is 0 Å². The van der Waals surface area contributed by atoms with Crippen LogP contribution in [0.5, 0.6) is 0 Å². The van der Waals surface area contributed by atoms with Crippen molar-refractivity contribution in [3.05, 3.63) is 0 Å². The van der Waals surface area contributed by atoms with Crippen LogP contribution in [0.1, 0.15) is 93.9 Å². The van der Waals surface area contributed by atoms with Gasteiger partial charge in [0.15, 0.2) is 0 Å². The van der Waals surface area contributed by atoms with Crippen LogP contribution in [0.2, 0.25) is 39.8 Å². The summed E-state index contributed by atoms with van der Waals surface area (Å²) in [6, 6.07) is 0. The molecule has 24 heteroatoms. The molecule has 6 heterocycles. The zero-order valence-electron chi connectivity index (χ0n) is 67.3. The van der Waals surface area contributed by atoms with Crippen molar-refractivity contribution in [1.82, 2.24) is 79.1 Å². The zero-order chi connectivity index (χ0) is 69.7. The summed E-state index contributed by atoms with van der Waals surface area (Å²) in [5, 5.41) is 4.32. The summed E-state index contributed by atoms with van der Waals surface area (Å²) in [5.41, 5.74) is 0. The van der Waals surface area contributed by atoms with Gasteiger partial charge in [-0.2, -0.15) is 0 Å². The molecular formula is C69H162Ga6N18. The molecule has 18 nitrogen and oxygen atoms in total. The predicted octanol–water partition coefficient (Wildman–Crippen LogP) is 6.08. The Morgan fingerprint density at radius 1 is 0.269 bits per heavy atom. The van der Waals surface area contributed by atoms with Crippen LogP contribution in [0.4, 0.5) is 0 Å². The molecule has 0 spiro atoms. The Labute approximate surface area is 617 Å². The molecule has 0 aromatic carbocycles. The molecule has 0 unspecified atom stereocenters. The predicted molar refractivity (Wildman–Crippen MR) is 425 cm³/mol. The van der Waals surface area contributed by atoms with Gasteiger partial charge in [0.1, 0.15) is 0 Å². The van der Waals surface area contributed by atoms with E-state index in [2.05, 4.69) is 247 Å². The standard InChI is InChI=1S/C7H16N2.3C7H16N.2C6H14N2.2C5H12N2.3C5H12N.C4H10N2.6Ga/c1-4-8-6-7-9(3)5-2;3*1-4-7-8(5-2)6-3;2*1-4-8(3)6-5-7-2;2*1-6-4-5-7(2)3;3*1-4-5-6(2)3;1-5-3-4-6-2;;;;;;/h3-7H2,1-2H3;3*1,4-7H2,2-3H3;2*1,4-6H2,2-3H3;2*2,4-5H2,1,3H3;3*1,4-5H2,2-3H3;3-4H2,1-2H3;;;;;;/q-1;;;;4*-1;;;;-2;5*+1;+2. The molecule has 0 saturated carbocycles. The molecular weight excluding hydrogens is 1500 g/mol. The van der Waals surface area contributed by atoms with Crippen molar-refractivity contribution >= 4 is 99.0 Å². The van der Waals surface area contributed by atoms with Gasteiger partial charge in [0.05, 0.1) is 0 Å². The van der Waals surface area contributed by atoms with Gasteiger partial charge < -0.3 is 0 Å². The molecule has 0 aromatic rings. The van der Waals surface area contributed by atoms with Crippen molar-refractivity contribution < 1.29 is 0 Å². The van der Waals surface area contributed by atoms with E-state index in [1.54, 1.807) is 4.98 Å². The topological polar surface area (TPSA) is 58.3 Å². The van der Waals surface area contributed by atoms with Gasteiger partial charge in [-0.05, 0) is 0 Å². The maximum absolute atomic E-state index is 2.84. The van der Waals surface area contributed by atoms with E-state index < -0.39 is 99.0 Å². The summed E-state index contributed by atoms with van der Waals surface area (Å²) in [6.45, 7) is 54.1. The van der Waals surface area contributed by atoms with Crippen LogP contribution in [-0.4, -0.2) is 489 Å². The van der Waals surface area contributed by atoms with Crippen molar-refractivity contribution in [3.63, 3.8) is 0 Å². The second-order valence-corrected chi connectivity index (χ2v) is 70.6. The molecule has 0 N–H and O–H groups in total. The quantitative estimate of drug-likeness (QED) is 0.0732. The average molecular weight is 1660 g/mol. The first-order valence-corrected chi connectivity index (χ1v) is 65.3. The van der Waals surface area contributed by atoms with Gasteiger partial charge in [0, 0.05) is 0 Å². The van der Waals surface area contributed by atoms with E-state index in [1.807, 2.05) is 0 Å². The Bertz CT molecular complexity index is 1680. The minimum absolute atomic E-state index is 1.09. The Kier molecular flexibility index (Phi) is 59.1. The van der Waals surface area contributed by atoms with Gasteiger partial charge in [-0.1, -0.05) is 0 Å². The Balaban J connectivity index is 0.000000559. The van der Waals surface area contributed by atoms with Crippen molar-refractivity contribution in [3.8, 4) is 0 Å². The van der Waals surface area contributed by atoms with E-state index in [0.29, 0.717) is 0 Å². The monoisotopic (exact) mass is 1660 g/mol. The van der Waals surface area contributed by atoms with Crippen LogP contribution in [-0.2, 0) is 0 Å². The molecule has 0 bridgehead atoms. The summed E-state index contributed by atoms with van der Waals surface area (Å²) in [7, 11) is 36.2. The zero-order valence-corrected chi connectivity index (χ0v) is 81.9. The van der Waals surface area contributed by atoms with E-state index in [9.17, 15) is 0 Å². The van der Waals surface area contributed by atoms with E-state index in [0.717, 1.165) is 0 Å². The number of rotatable bonds is 32. The normalized spacial score (nSPS) is 20.1. The van der Waals surface area contributed by atoms with Crippen LogP contribution in [0.15, 0.2) is 0 Å². The molecule has 0 radical (unpaired) electrons. The van der Waals surface area contributed by atoms with Crippen LogP contribution in [0.25, 0.3) is 0 Å². The van der Waals surface area contributed by atoms with Gasteiger partial charge in [-0.15, -0.1) is 0 Å². The van der Waals surface area contributed by atoms with Gasteiger partial charge in [-0.3, -0.25) is 0 Å². The van der Waals surface area contributed by atoms with Crippen LogP contribution >= 0.6 is 0 Å². The Morgan fingerprint density at radius 2 is 0.570 bits per heavy atom. The molecule has 0 amide bonds. The number of hydrogen-bond donors (Lipinski definition) is 0. The second-order valence-electron chi connectivity index (χ2n) is 30.2. The van der Waals surface area contributed by atoms with E-state index in [-0.39, 0.29) is 0 Å². The summed E-state index contributed by atoms with van der Waals surface area (Å²) < 4.78 is 19.1. The van der Waals surface area contributed by atoms with Crippen molar-refractivity contribution in [2.45, 2.75) is 134 Å². The molecule has 0 aliphatic carbocycles. The number of likely N-dealkylation sites (N-methyl/N-ethyl adjacent to an activating group) is 12. The third-order valence-electron chi connectivity index (χ3n) is 22.0. The molecule has 546 valence electrons. The molecule has 0 atom stereocenters. The molecule has 6 rings (SSSR count). The maximum atomic E-state index is 2.84. The van der Waals surface area contributed by atoms with Crippen molar-refractivity contribution in [2.24, 2.45) is 0 Å². The molecule has 6 fully saturated rings. The third kappa shape index (κ3) is 45.2. The van der Waals surface area contributed by atoms with Crippen LogP contribution in [0.3, 0.4) is 0 Å². The SMILES string of the molecule is CCN(CC)CC[CH2][Ga]1[CH2]CN(C)CC[N]1C.CCN(CC)CC[CH2][Ga]1[CH2]N(C)CC[N]1C.CCN(CC)CC[CH2][Ga]1[N](C)CC[N]1C.CCN1CC[N](CC)[Ga]([CH2]CCN(C)C)[CH2]1.CN(C)CC[CH2][Ga]1[CH2]CN(C)CC[N]1C.CN(C)CC[CH2][Ga]1[CH2]N(C)CC[N]1C. The molecule has 6 saturated heterocycles. The van der Waals surface area contributed by atoms with Gasteiger partial charge in [-0.25, -0.2) is 0 Å². The van der Waals surface area contributed by atoms with Gasteiger partial charge >= 0.3 is 623 Å². The fourth-order valence-electron chi connectivity index (χ4n) is 14.5. The van der Waals surface area contributed by atoms with Gasteiger partial charge in [0.25, 0.3) is 0 Å². The first-order chi connectivity index (χ1) is 44.4. The summed E-state index contributed by atoms with van der Waals surface area (Å²) >= 11 is -6.75. The van der Waals surface area contributed by atoms with E-state index in [1.165, 1.54) is 272 Å². The minimum atomic E-state index is -1.20. The second kappa shape index (κ2) is 58.4. The molecule has 0 aromatic heterocycles. The Hall–Kier alpha value is 3.10. The Morgan fingerprint density at radius 3 is 0.903 bits per heavy atom. The summed E-state index contributed by atoms with van der Waals surface area (Å²) in [6.07, 6.45) is 8.47. The first-order valence-electron chi connectivity index (χ1n) is 38.9.